The van der Waals surface area contributed by atoms with E-state index in [-0.39, 0.29) is 6.04 Å². The maximum atomic E-state index is 5.74. The topological polar surface area (TPSA) is 81.3 Å². The Kier molecular flexibility index (Phi) is 3.49. The zero-order valence-corrected chi connectivity index (χ0v) is 13.2. The molecule has 0 N–H and O–H groups in total. The van der Waals surface area contributed by atoms with E-state index < -0.39 is 0 Å². The normalized spacial score (nSPS) is 18.8. The monoisotopic (exact) mass is 314 g/mol. The Morgan fingerprint density at radius 2 is 2.22 bits per heavy atom. The van der Waals surface area contributed by atoms with Crippen LogP contribution >= 0.6 is 0 Å². The minimum atomic E-state index is 0.226. The second-order valence-electron chi connectivity index (χ2n) is 5.86. The second-order valence-corrected chi connectivity index (χ2v) is 5.86. The average Bonchev–Trinajstić information content (AvgIpc) is 3.28. The van der Waals surface area contributed by atoms with Crippen molar-refractivity contribution in [2.24, 2.45) is 0 Å². The first-order chi connectivity index (χ1) is 11.2. The number of nitrogens with zero attached hydrogens (tertiary/aromatic N) is 4. The summed E-state index contributed by atoms with van der Waals surface area (Å²) < 4.78 is 16.0. The molecule has 0 aliphatic carbocycles. The van der Waals surface area contributed by atoms with Crippen LogP contribution < -0.4 is 0 Å². The maximum absolute atomic E-state index is 5.74. The van der Waals surface area contributed by atoms with E-state index in [1.165, 1.54) is 0 Å². The first-order valence-corrected chi connectivity index (χ1v) is 7.75. The summed E-state index contributed by atoms with van der Waals surface area (Å²) in [6.07, 6.45) is 3.79. The minimum absolute atomic E-state index is 0.226. The van der Waals surface area contributed by atoms with Gasteiger partial charge >= 0.3 is 0 Å². The van der Waals surface area contributed by atoms with Crippen LogP contribution in [0.2, 0.25) is 0 Å². The van der Waals surface area contributed by atoms with Crippen molar-refractivity contribution in [3.63, 3.8) is 0 Å². The lowest BCUT2D eigenvalue weighted by Crippen LogP contribution is -2.24. The first kappa shape index (κ1) is 14.2. The summed E-state index contributed by atoms with van der Waals surface area (Å²) in [6.45, 7) is 5.58. The van der Waals surface area contributed by atoms with Gasteiger partial charge in [0, 0.05) is 6.54 Å². The molecule has 1 atom stereocenters. The predicted molar refractivity (Wildman–Crippen MR) is 80.4 cm³/mol. The highest BCUT2D eigenvalue weighted by Crippen LogP contribution is 2.34. The van der Waals surface area contributed by atoms with E-state index >= 15 is 0 Å². The molecule has 3 aromatic heterocycles. The van der Waals surface area contributed by atoms with Crippen molar-refractivity contribution in [2.45, 2.75) is 39.3 Å². The molecule has 1 aliphatic heterocycles. The zero-order valence-electron chi connectivity index (χ0n) is 13.2. The summed E-state index contributed by atoms with van der Waals surface area (Å²) in [7, 11) is 0. The summed E-state index contributed by atoms with van der Waals surface area (Å²) in [4.78, 5) is 6.94. The number of aromatic nitrogens is 3. The predicted octanol–water partition coefficient (Wildman–Crippen LogP) is 3.27. The second kappa shape index (κ2) is 5.66. The van der Waals surface area contributed by atoms with Gasteiger partial charge in [0.2, 0.25) is 0 Å². The highest BCUT2D eigenvalue weighted by atomic mass is 16.6. The molecule has 4 heterocycles. The third kappa shape index (κ3) is 2.57. The number of aryl methyl sites for hydroxylation is 2. The molecule has 1 aliphatic rings. The van der Waals surface area contributed by atoms with Gasteiger partial charge in [-0.2, -0.15) is 0 Å². The van der Waals surface area contributed by atoms with Crippen LogP contribution in [0.15, 0.2) is 31.9 Å². The highest BCUT2D eigenvalue weighted by molar-refractivity contribution is 5.44. The molecule has 0 radical (unpaired) electrons. The number of rotatable bonds is 4. The molecule has 0 spiro atoms. The fourth-order valence-corrected chi connectivity index (χ4v) is 3.14. The molecule has 7 heteroatoms. The van der Waals surface area contributed by atoms with Crippen molar-refractivity contribution >= 4 is 0 Å². The fourth-order valence-electron chi connectivity index (χ4n) is 3.14. The van der Waals surface area contributed by atoms with E-state index in [0.717, 1.165) is 42.2 Å². The van der Waals surface area contributed by atoms with E-state index in [1.54, 1.807) is 6.26 Å². The van der Waals surface area contributed by atoms with Crippen LogP contribution in [0.3, 0.4) is 0 Å². The van der Waals surface area contributed by atoms with Crippen molar-refractivity contribution in [1.29, 1.82) is 0 Å². The Morgan fingerprint density at radius 3 is 2.96 bits per heavy atom. The van der Waals surface area contributed by atoms with Gasteiger partial charge in [-0.05, 0) is 45.4 Å². The van der Waals surface area contributed by atoms with Gasteiger partial charge in [-0.1, -0.05) is 10.3 Å². The minimum Gasteiger partial charge on any atom is -0.459 e. The SMILES string of the molecule is Cc1nonc1C1CCCN1Cc1nc(-c2ccco2)oc1C. The number of likely N-dealkylation sites (tertiary alicyclic amines) is 1. The first-order valence-electron chi connectivity index (χ1n) is 7.75. The third-order valence-corrected chi connectivity index (χ3v) is 4.34. The van der Waals surface area contributed by atoms with Gasteiger partial charge in [0.1, 0.15) is 17.1 Å². The van der Waals surface area contributed by atoms with Crippen molar-refractivity contribution in [1.82, 2.24) is 20.2 Å². The summed E-state index contributed by atoms with van der Waals surface area (Å²) >= 11 is 0. The van der Waals surface area contributed by atoms with Gasteiger partial charge in [0.15, 0.2) is 5.76 Å². The Bertz CT molecular complexity index is 790. The molecule has 4 rings (SSSR count). The lowest BCUT2D eigenvalue weighted by atomic mass is 10.1. The van der Waals surface area contributed by atoms with Crippen LogP contribution in [0.1, 0.15) is 41.7 Å². The molecule has 23 heavy (non-hydrogen) atoms. The van der Waals surface area contributed by atoms with Crippen LogP contribution in [0.5, 0.6) is 0 Å². The van der Waals surface area contributed by atoms with Gasteiger partial charge in [-0.3, -0.25) is 4.90 Å². The van der Waals surface area contributed by atoms with E-state index in [4.69, 9.17) is 13.5 Å². The van der Waals surface area contributed by atoms with E-state index in [0.29, 0.717) is 18.2 Å². The third-order valence-electron chi connectivity index (χ3n) is 4.34. The molecule has 1 fully saturated rings. The fraction of sp³-hybridized carbons (Fsp3) is 0.438. The van der Waals surface area contributed by atoms with Crippen LogP contribution in [0.4, 0.5) is 0 Å². The molecule has 0 bridgehead atoms. The Labute approximate surface area is 133 Å². The van der Waals surface area contributed by atoms with Gasteiger partial charge < -0.3 is 8.83 Å². The summed E-state index contributed by atoms with van der Waals surface area (Å²) in [6, 6.07) is 3.90. The highest BCUT2D eigenvalue weighted by Gasteiger charge is 2.31. The standard InChI is InChI=1S/C16H18N4O3/c1-10-15(19-23-18-10)13-5-3-7-20(13)9-12-11(2)22-16(17-12)14-6-4-8-21-14/h4,6,8,13H,3,5,7,9H2,1-2H3. The van der Waals surface area contributed by atoms with Crippen molar-refractivity contribution in [3.05, 3.63) is 41.2 Å². The van der Waals surface area contributed by atoms with E-state index in [2.05, 4.69) is 20.2 Å². The van der Waals surface area contributed by atoms with Gasteiger partial charge in [0.25, 0.3) is 5.89 Å². The van der Waals surface area contributed by atoms with Gasteiger partial charge in [0.05, 0.1) is 18.0 Å². The van der Waals surface area contributed by atoms with Crippen molar-refractivity contribution in [3.8, 4) is 11.7 Å². The van der Waals surface area contributed by atoms with Crippen LogP contribution in [0, 0.1) is 13.8 Å². The van der Waals surface area contributed by atoms with Gasteiger partial charge in [-0.25, -0.2) is 9.61 Å². The van der Waals surface area contributed by atoms with Crippen molar-refractivity contribution < 1.29 is 13.5 Å². The smallest absolute Gasteiger partial charge is 0.263 e. The van der Waals surface area contributed by atoms with Crippen LogP contribution in [-0.2, 0) is 6.54 Å². The lowest BCUT2D eigenvalue weighted by molar-refractivity contribution is 0.228. The summed E-state index contributed by atoms with van der Waals surface area (Å²) in [5, 5.41) is 7.97. The number of furan rings is 1. The summed E-state index contributed by atoms with van der Waals surface area (Å²) in [5.41, 5.74) is 2.71. The maximum Gasteiger partial charge on any atom is 0.263 e. The quantitative estimate of drug-likeness (QED) is 0.731. The molecule has 1 saturated heterocycles. The van der Waals surface area contributed by atoms with Crippen LogP contribution in [0.25, 0.3) is 11.7 Å². The Hall–Kier alpha value is -2.41. The van der Waals surface area contributed by atoms with E-state index in [9.17, 15) is 0 Å². The number of hydrogen-bond donors (Lipinski definition) is 0. The van der Waals surface area contributed by atoms with E-state index in [1.807, 2.05) is 26.0 Å². The number of oxazole rings is 1. The summed E-state index contributed by atoms with van der Waals surface area (Å²) in [5.74, 6) is 1.99. The molecule has 0 amide bonds. The molecule has 3 aromatic rings. The molecular formula is C16H18N4O3. The zero-order chi connectivity index (χ0) is 15.8. The molecule has 0 aromatic carbocycles. The average molecular weight is 314 g/mol. The Morgan fingerprint density at radius 1 is 1.30 bits per heavy atom. The van der Waals surface area contributed by atoms with Crippen LogP contribution in [-0.4, -0.2) is 26.7 Å². The molecule has 120 valence electrons. The number of hydrogen-bond acceptors (Lipinski definition) is 7. The molecule has 7 nitrogen and oxygen atoms in total. The Balaban J connectivity index is 1.57. The largest absolute Gasteiger partial charge is 0.459 e. The molecule has 0 saturated carbocycles. The lowest BCUT2D eigenvalue weighted by Gasteiger charge is -2.21. The molecule has 1 unspecified atom stereocenters. The molecular weight excluding hydrogens is 296 g/mol. The van der Waals surface area contributed by atoms with Crippen molar-refractivity contribution in [2.75, 3.05) is 6.54 Å². The van der Waals surface area contributed by atoms with Gasteiger partial charge in [-0.15, -0.1) is 0 Å².